The van der Waals surface area contributed by atoms with Crippen molar-refractivity contribution >= 4 is 0 Å². The molecule has 0 aliphatic heterocycles. The van der Waals surface area contributed by atoms with Gasteiger partial charge in [0.1, 0.15) is 0 Å². The van der Waals surface area contributed by atoms with E-state index in [4.69, 9.17) is 0 Å². The second-order valence-corrected chi connectivity index (χ2v) is 2.07. The predicted octanol–water partition coefficient (Wildman–Crippen LogP) is 2.53. The Kier molecular flexibility index (Phi) is 7.20. The van der Waals surface area contributed by atoms with E-state index < -0.39 is 0 Å². The van der Waals surface area contributed by atoms with Crippen LogP contribution in [0, 0.1) is 0 Å². The van der Waals surface area contributed by atoms with Crippen LogP contribution in [-0.2, 0) is 19.5 Å². The summed E-state index contributed by atoms with van der Waals surface area (Å²) in [6.07, 6.45) is 2.06. The van der Waals surface area contributed by atoms with Crippen molar-refractivity contribution in [2.24, 2.45) is 0 Å². The minimum absolute atomic E-state index is 0. The minimum atomic E-state index is 0. The molecule has 0 atom stereocenters. The van der Waals surface area contributed by atoms with Crippen LogP contribution in [0.3, 0.4) is 0 Å². The Bertz CT molecular complexity index is 97.0. The fourth-order valence-electron chi connectivity index (χ4n) is 0.493. The Hall–Kier alpha value is 0.103. The third kappa shape index (κ3) is 9.44. The molecule has 0 rings (SSSR count). The Morgan fingerprint density at radius 3 is 1.62 bits per heavy atom. The number of rotatable bonds is 1. The van der Waals surface area contributed by atoms with Crippen molar-refractivity contribution in [3.05, 3.63) is 23.8 Å². The van der Waals surface area contributed by atoms with Gasteiger partial charge < -0.3 is 0 Å². The normalized spacial score (nSPS) is 6.88. The van der Waals surface area contributed by atoms with Gasteiger partial charge >= 0.3 is 0 Å². The average Bonchev–Trinajstić information content (AvgIpc) is 1.27. The molecule has 0 aromatic carbocycles. The summed E-state index contributed by atoms with van der Waals surface area (Å²) in [4.78, 5) is 0. The van der Waals surface area contributed by atoms with Gasteiger partial charge in [-0.05, 0) is 20.8 Å². The molecule has 8 heavy (non-hydrogen) atoms. The number of hydrogen-bond acceptors (Lipinski definition) is 0. The maximum Gasteiger partial charge on any atom is 0 e. The average molecular weight is 199 g/mol. The van der Waals surface area contributed by atoms with Crippen molar-refractivity contribution in [2.45, 2.75) is 20.8 Å². The van der Waals surface area contributed by atoms with Crippen LogP contribution in [-0.4, -0.2) is 0 Å². The molecule has 0 fully saturated rings. The van der Waals surface area contributed by atoms with Crippen LogP contribution in [0.5, 0.6) is 0 Å². The molecule has 0 spiro atoms. The summed E-state index contributed by atoms with van der Waals surface area (Å²) in [5.74, 6) is 0. The molecule has 0 nitrogen and oxygen atoms in total. The van der Waals surface area contributed by atoms with Crippen LogP contribution in [0.4, 0.5) is 0 Å². The molecule has 0 aliphatic carbocycles. The van der Waals surface area contributed by atoms with Crippen LogP contribution in [0.15, 0.2) is 23.8 Å². The first-order valence-electron chi connectivity index (χ1n) is 2.43. The molecule has 1 radical (unpaired) electrons. The van der Waals surface area contributed by atoms with Gasteiger partial charge in [0.25, 0.3) is 0 Å². The smallest absolute Gasteiger partial charge is 0 e. The van der Waals surface area contributed by atoms with E-state index in [2.05, 4.69) is 26.5 Å². The van der Waals surface area contributed by atoms with Gasteiger partial charge in [0.05, 0.1) is 0 Å². The summed E-state index contributed by atoms with van der Waals surface area (Å²) in [5, 5.41) is 0. The van der Waals surface area contributed by atoms with Crippen LogP contribution < -0.4 is 0 Å². The fraction of sp³-hybridized carbons (Fsp3) is 0.429. The molecule has 1 heteroatoms. The summed E-state index contributed by atoms with van der Waals surface area (Å²) in [5.41, 5.74) is 2.44. The molecular formula is C7H12Rh. The molecule has 0 aromatic rings. The summed E-state index contributed by atoms with van der Waals surface area (Å²) < 4.78 is 0. The van der Waals surface area contributed by atoms with E-state index in [-0.39, 0.29) is 19.5 Å². The zero-order valence-corrected chi connectivity index (χ0v) is 7.26. The van der Waals surface area contributed by atoms with E-state index in [0.29, 0.717) is 0 Å². The molecule has 0 aromatic heterocycles. The summed E-state index contributed by atoms with van der Waals surface area (Å²) in [6.45, 7) is 9.84. The van der Waals surface area contributed by atoms with Gasteiger partial charge in [-0.1, -0.05) is 23.8 Å². The van der Waals surface area contributed by atoms with Crippen molar-refractivity contribution in [3.63, 3.8) is 0 Å². The molecule has 0 amide bonds. The van der Waals surface area contributed by atoms with Crippen molar-refractivity contribution in [2.75, 3.05) is 0 Å². The van der Waals surface area contributed by atoms with Crippen molar-refractivity contribution < 1.29 is 19.5 Å². The fourth-order valence-corrected chi connectivity index (χ4v) is 0.493. The van der Waals surface area contributed by atoms with E-state index in [1.165, 1.54) is 5.57 Å². The number of allylic oxidation sites excluding steroid dienone is 3. The molecule has 0 heterocycles. The quantitative estimate of drug-likeness (QED) is 0.449. The molecule has 0 aliphatic rings. The van der Waals surface area contributed by atoms with Gasteiger partial charge in [-0.25, -0.2) is 0 Å². The zero-order valence-electron chi connectivity index (χ0n) is 5.62. The Morgan fingerprint density at radius 1 is 1.25 bits per heavy atom. The summed E-state index contributed by atoms with van der Waals surface area (Å²) >= 11 is 0. The Labute approximate surface area is 64.4 Å². The molecule has 49 valence electrons. The van der Waals surface area contributed by atoms with Crippen LogP contribution in [0.2, 0.25) is 0 Å². The van der Waals surface area contributed by atoms with Crippen LogP contribution in [0.25, 0.3) is 0 Å². The van der Waals surface area contributed by atoms with Crippen LogP contribution >= 0.6 is 0 Å². The zero-order chi connectivity index (χ0) is 5.86. The van der Waals surface area contributed by atoms with E-state index in [0.717, 1.165) is 5.57 Å². The monoisotopic (exact) mass is 199 g/mol. The molecular weight excluding hydrogens is 187 g/mol. The second-order valence-electron chi connectivity index (χ2n) is 2.07. The molecule has 0 saturated carbocycles. The standard InChI is InChI=1S/C7H12.Rh/c1-6(2)5-7(3)4;/h5H,1H2,2-4H3;. The third-order valence-electron chi connectivity index (χ3n) is 0.535. The number of hydrogen-bond donors (Lipinski definition) is 0. The van der Waals surface area contributed by atoms with Crippen molar-refractivity contribution in [1.29, 1.82) is 0 Å². The van der Waals surface area contributed by atoms with Gasteiger partial charge in [0.2, 0.25) is 0 Å². The van der Waals surface area contributed by atoms with E-state index in [9.17, 15) is 0 Å². The van der Waals surface area contributed by atoms with Gasteiger partial charge in [-0.3, -0.25) is 0 Å². The van der Waals surface area contributed by atoms with Crippen molar-refractivity contribution in [3.8, 4) is 0 Å². The predicted molar refractivity (Wildman–Crippen MR) is 34.2 cm³/mol. The van der Waals surface area contributed by atoms with Crippen LogP contribution in [0.1, 0.15) is 20.8 Å². The van der Waals surface area contributed by atoms with E-state index in [1.807, 2.05) is 6.92 Å². The maximum atomic E-state index is 3.72. The first-order chi connectivity index (χ1) is 3.13. The van der Waals surface area contributed by atoms with Crippen molar-refractivity contribution in [1.82, 2.24) is 0 Å². The molecule has 0 N–H and O–H groups in total. The topological polar surface area (TPSA) is 0 Å². The first-order valence-corrected chi connectivity index (χ1v) is 2.43. The third-order valence-corrected chi connectivity index (χ3v) is 0.535. The largest absolute Gasteiger partial charge is 0.0961 e. The molecule has 0 bridgehead atoms. The molecule has 0 saturated heterocycles. The van der Waals surface area contributed by atoms with E-state index >= 15 is 0 Å². The Morgan fingerprint density at radius 2 is 1.62 bits per heavy atom. The van der Waals surface area contributed by atoms with Gasteiger partial charge in [-0.2, -0.15) is 0 Å². The maximum absolute atomic E-state index is 3.72. The molecule has 0 unspecified atom stereocenters. The van der Waals surface area contributed by atoms with Gasteiger partial charge in [-0.15, -0.1) is 0 Å². The Balaban J connectivity index is 0. The first kappa shape index (κ1) is 11.0. The van der Waals surface area contributed by atoms with E-state index in [1.54, 1.807) is 0 Å². The van der Waals surface area contributed by atoms with Gasteiger partial charge in [0.15, 0.2) is 0 Å². The van der Waals surface area contributed by atoms with Gasteiger partial charge in [0, 0.05) is 19.5 Å². The second kappa shape index (κ2) is 5.24. The SMILES string of the molecule is C=C(C)C=C(C)C.[Rh]. The minimum Gasteiger partial charge on any atom is -0.0961 e. The summed E-state index contributed by atoms with van der Waals surface area (Å²) in [6, 6.07) is 0. The summed E-state index contributed by atoms with van der Waals surface area (Å²) in [7, 11) is 0.